The molecule has 1 aliphatic heterocycles. The molecule has 0 unspecified atom stereocenters. The van der Waals surface area contributed by atoms with Crippen molar-refractivity contribution in [3.63, 3.8) is 0 Å². The fourth-order valence-corrected chi connectivity index (χ4v) is 3.20. The van der Waals surface area contributed by atoms with Crippen molar-refractivity contribution in [2.45, 2.75) is 45.7 Å². The van der Waals surface area contributed by atoms with Gasteiger partial charge in [-0.3, -0.25) is 14.8 Å². The summed E-state index contributed by atoms with van der Waals surface area (Å²) < 4.78 is 5.35. The molecule has 1 saturated heterocycles. The number of carbonyl (C=O) groups is 1. The first-order valence-electron chi connectivity index (χ1n) is 8.70. The number of hydrogen-bond donors (Lipinski definition) is 2. The summed E-state index contributed by atoms with van der Waals surface area (Å²) in [5.74, 6) is 2.28. The number of methoxy groups -OCH3 is 1. The third-order valence-corrected chi connectivity index (χ3v) is 4.53. The normalized spacial score (nSPS) is 17.6. The molecule has 1 aromatic carbocycles. The third kappa shape index (κ3) is 3.99. The van der Waals surface area contributed by atoms with Crippen LogP contribution in [0.4, 0.5) is 5.69 Å². The minimum Gasteiger partial charge on any atom is -0.495 e. The Kier molecular flexibility index (Phi) is 5.33. The first-order chi connectivity index (χ1) is 12.1. The van der Waals surface area contributed by atoms with Gasteiger partial charge in [-0.25, -0.2) is 4.98 Å². The predicted molar refractivity (Wildman–Crippen MR) is 95.6 cm³/mol. The lowest BCUT2D eigenvalue weighted by molar-refractivity contribution is -0.120. The molecule has 0 saturated carbocycles. The number of hydrogen-bond acceptors (Lipinski definition) is 5. The summed E-state index contributed by atoms with van der Waals surface area (Å²) in [7, 11) is 1.61. The highest BCUT2D eigenvalue weighted by molar-refractivity contribution is 5.96. The second kappa shape index (κ2) is 7.65. The number of aromatic amines is 1. The Morgan fingerprint density at radius 3 is 3.04 bits per heavy atom. The standard InChI is InChI=1S/C18H25N5O2/c1-4-16-20-17(22-21-16)11-23-9-5-6-14(23)18(24)19-13-10-12(2)7-8-15(13)25-3/h7-8,10,14H,4-6,9,11H2,1-3H3,(H,19,24)(H,20,21,22)/t14-/m0/s1. The number of H-pyrrole nitrogens is 1. The van der Waals surface area contributed by atoms with Crippen molar-refractivity contribution < 1.29 is 9.53 Å². The molecular weight excluding hydrogens is 318 g/mol. The molecule has 0 radical (unpaired) electrons. The van der Waals surface area contributed by atoms with Gasteiger partial charge in [-0.1, -0.05) is 13.0 Å². The Balaban J connectivity index is 1.69. The van der Waals surface area contributed by atoms with Gasteiger partial charge in [0, 0.05) is 6.42 Å². The maximum atomic E-state index is 12.8. The highest BCUT2D eigenvalue weighted by Crippen LogP contribution is 2.27. The first kappa shape index (κ1) is 17.4. The van der Waals surface area contributed by atoms with Gasteiger partial charge in [-0.2, -0.15) is 5.10 Å². The molecule has 7 nitrogen and oxygen atoms in total. The summed E-state index contributed by atoms with van der Waals surface area (Å²) in [5, 5.41) is 10.2. The highest BCUT2D eigenvalue weighted by atomic mass is 16.5. The lowest BCUT2D eigenvalue weighted by atomic mass is 10.1. The number of aromatic nitrogens is 3. The summed E-state index contributed by atoms with van der Waals surface area (Å²) in [5.41, 5.74) is 1.79. The predicted octanol–water partition coefficient (Wildman–Crippen LogP) is 2.29. The zero-order valence-corrected chi connectivity index (χ0v) is 15.0. The van der Waals surface area contributed by atoms with E-state index in [9.17, 15) is 4.79 Å². The number of ether oxygens (including phenoxy) is 1. The van der Waals surface area contributed by atoms with Gasteiger partial charge in [-0.15, -0.1) is 0 Å². The Labute approximate surface area is 147 Å². The van der Waals surface area contributed by atoms with Crippen LogP contribution in [0.2, 0.25) is 0 Å². The van der Waals surface area contributed by atoms with Crippen LogP contribution in [-0.2, 0) is 17.8 Å². The number of nitrogens with one attached hydrogen (secondary N) is 2. The average Bonchev–Trinajstić information content (AvgIpc) is 3.24. The molecule has 3 rings (SSSR count). The van der Waals surface area contributed by atoms with Crippen LogP contribution < -0.4 is 10.1 Å². The molecule has 2 N–H and O–H groups in total. The summed E-state index contributed by atoms with van der Waals surface area (Å²) in [4.78, 5) is 19.4. The number of nitrogens with zero attached hydrogens (tertiary/aromatic N) is 3. The molecule has 1 atom stereocenters. The molecule has 7 heteroatoms. The van der Waals surface area contributed by atoms with E-state index in [1.54, 1.807) is 7.11 Å². The molecule has 0 spiro atoms. The zero-order chi connectivity index (χ0) is 17.8. The zero-order valence-electron chi connectivity index (χ0n) is 15.0. The first-order valence-corrected chi connectivity index (χ1v) is 8.70. The van der Waals surface area contributed by atoms with Gasteiger partial charge in [0.2, 0.25) is 5.91 Å². The van der Waals surface area contributed by atoms with E-state index in [1.807, 2.05) is 32.0 Å². The SMILES string of the molecule is CCc1n[nH]c(CN2CCC[C@H]2C(=O)Nc2cc(C)ccc2OC)n1. The summed E-state index contributed by atoms with van der Waals surface area (Å²) in [6.07, 6.45) is 2.64. The highest BCUT2D eigenvalue weighted by Gasteiger charge is 2.31. The Morgan fingerprint density at radius 1 is 1.48 bits per heavy atom. The Bertz CT molecular complexity index is 743. The Hall–Kier alpha value is -2.41. The van der Waals surface area contributed by atoms with Crippen LogP contribution in [0.5, 0.6) is 5.75 Å². The molecule has 2 heterocycles. The number of aryl methyl sites for hydroxylation is 2. The molecule has 1 aromatic heterocycles. The van der Waals surface area contributed by atoms with E-state index in [2.05, 4.69) is 25.4 Å². The second-order valence-electron chi connectivity index (χ2n) is 6.37. The van der Waals surface area contributed by atoms with Crippen molar-refractivity contribution >= 4 is 11.6 Å². The molecular formula is C18H25N5O2. The van der Waals surface area contributed by atoms with Crippen LogP contribution in [-0.4, -0.2) is 45.7 Å². The number of amides is 1. The quantitative estimate of drug-likeness (QED) is 0.841. The van der Waals surface area contributed by atoms with Crippen molar-refractivity contribution in [2.24, 2.45) is 0 Å². The average molecular weight is 343 g/mol. The van der Waals surface area contributed by atoms with Gasteiger partial charge in [0.1, 0.15) is 17.4 Å². The molecule has 1 aliphatic rings. The minimum absolute atomic E-state index is 0.00312. The number of anilines is 1. The summed E-state index contributed by atoms with van der Waals surface area (Å²) >= 11 is 0. The van der Waals surface area contributed by atoms with E-state index in [0.717, 1.165) is 43.0 Å². The van der Waals surface area contributed by atoms with Crippen molar-refractivity contribution in [2.75, 3.05) is 19.0 Å². The summed E-state index contributed by atoms with van der Waals surface area (Å²) in [6, 6.07) is 5.60. The van der Waals surface area contributed by atoms with Crippen LogP contribution >= 0.6 is 0 Å². The third-order valence-electron chi connectivity index (χ3n) is 4.53. The minimum atomic E-state index is -0.166. The van der Waals surface area contributed by atoms with Gasteiger partial charge in [0.25, 0.3) is 0 Å². The number of likely N-dealkylation sites (tertiary alicyclic amines) is 1. The van der Waals surface area contributed by atoms with Gasteiger partial charge in [0.05, 0.1) is 25.4 Å². The van der Waals surface area contributed by atoms with Gasteiger partial charge in [-0.05, 0) is 44.0 Å². The second-order valence-corrected chi connectivity index (χ2v) is 6.37. The lowest BCUT2D eigenvalue weighted by Gasteiger charge is -2.23. The van der Waals surface area contributed by atoms with Gasteiger partial charge >= 0.3 is 0 Å². The molecule has 25 heavy (non-hydrogen) atoms. The van der Waals surface area contributed by atoms with E-state index in [1.165, 1.54) is 0 Å². The van der Waals surface area contributed by atoms with Crippen molar-refractivity contribution in [1.29, 1.82) is 0 Å². The fraction of sp³-hybridized carbons (Fsp3) is 0.500. The molecule has 1 fully saturated rings. The maximum Gasteiger partial charge on any atom is 0.241 e. The topological polar surface area (TPSA) is 83.1 Å². The van der Waals surface area contributed by atoms with E-state index in [-0.39, 0.29) is 11.9 Å². The molecule has 0 bridgehead atoms. The fourth-order valence-electron chi connectivity index (χ4n) is 3.20. The number of carbonyl (C=O) groups excluding carboxylic acids is 1. The van der Waals surface area contributed by atoms with Crippen LogP contribution in [0.25, 0.3) is 0 Å². The van der Waals surface area contributed by atoms with Crippen LogP contribution in [0.3, 0.4) is 0 Å². The molecule has 0 aliphatic carbocycles. The van der Waals surface area contributed by atoms with Crippen LogP contribution in [0.1, 0.15) is 37.0 Å². The van der Waals surface area contributed by atoms with Crippen molar-refractivity contribution in [3.8, 4) is 5.75 Å². The smallest absolute Gasteiger partial charge is 0.241 e. The largest absolute Gasteiger partial charge is 0.495 e. The van der Waals surface area contributed by atoms with Crippen LogP contribution in [0.15, 0.2) is 18.2 Å². The van der Waals surface area contributed by atoms with Gasteiger partial charge < -0.3 is 10.1 Å². The number of benzene rings is 1. The molecule has 1 amide bonds. The van der Waals surface area contributed by atoms with E-state index in [4.69, 9.17) is 4.74 Å². The lowest BCUT2D eigenvalue weighted by Crippen LogP contribution is -2.39. The number of rotatable bonds is 6. The van der Waals surface area contributed by atoms with E-state index >= 15 is 0 Å². The maximum absolute atomic E-state index is 12.8. The van der Waals surface area contributed by atoms with Crippen LogP contribution in [0, 0.1) is 6.92 Å². The summed E-state index contributed by atoms with van der Waals surface area (Å²) in [6.45, 7) is 5.50. The Morgan fingerprint density at radius 2 is 2.32 bits per heavy atom. The van der Waals surface area contributed by atoms with E-state index in [0.29, 0.717) is 18.0 Å². The van der Waals surface area contributed by atoms with Crippen molar-refractivity contribution in [3.05, 3.63) is 35.4 Å². The molecule has 2 aromatic rings. The monoisotopic (exact) mass is 343 g/mol. The van der Waals surface area contributed by atoms with E-state index < -0.39 is 0 Å². The molecule has 134 valence electrons. The van der Waals surface area contributed by atoms with Gasteiger partial charge in [0.15, 0.2) is 0 Å². The van der Waals surface area contributed by atoms with Crippen molar-refractivity contribution in [1.82, 2.24) is 20.1 Å².